The van der Waals surface area contributed by atoms with Crippen molar-refractivity contribution < 1.29 is 14.1 Å². The number of H-pyrrole nitrogens is 1. The number of Topliss-reactive ketones (excluding diaryl/α,β-unsaturated/α-hetero) is 1. The Balaban J connectivity index is 2.01. The van der Waals surface area contributed by atoms with E-state index in [4.69, 9.17) is 4.52 Å². The van der Waals surface area contributed by atoms with Crippen LogP contribution < -0.4 is 5.32 Å². The minimum Gasteiger partial charge on any atom is -0.354 e. The lowest BCUT2D eigenvalue weighted by Crippen LogP contribution is -2.26. The molecule has 21 heavy (non-hydrogen) atoms. The van der Waals surface area contributed by atoms with Gasteiger partial charge in [0.15, 0.2) is 11.6 Å². The van der Waals surface area contributed by atoms with Gasteiger partial charge in [0, 0.05) is 24.2 Å². The standard InChI is InChI=1S/C14H18N4O3/c1-7-12(9(3)19)8(2)16-13(7)14(20)15-6-5-11-17-10(4)18-21-11/h16H,5-6H2,1-4H3,(H,15,20). The number of carbonyl (C=O) groups is 2. The summed E-state index contributed by atoms with van der Waals surface area (Å²) in [4.78, 5) is 30.7. The Labute approximate surface area is 122 Å². The number of aromatic amines is 1. The van der Waals surface area contributed by atoms with Gasteiger partial charge in [-0.2, -0.15) is 4.98 Å². The molecule has 0 atom stereocenters. The van der Waals surface area contributed by atoms with Crippen molar-refractivity contribution in [3.63, 3.8) is 0 Å². The molecule has 0 saturated heterocycles. The number of carbonyl (C=O) groups excluding carboxylic acids is 2. The van der Waals surface area contributed by atoms with Gasteiger partial charge in [0.05, 0.1) is 0 Å². The molecule has 0 aliphatic heterocycles. The molecule has 0 aliphatic rings. The van der Waals surface area contributed by atoms with Crippen molar-refractivity contribution in [3.05, 3.63) is 34.2 Å². The summed E-state index contributed by atoms with van der Waals surface area (Å²) in [5.41, 5.74) is 2.37. The molecule has 0 aromatic carbocycles. The van der Waals surface area contributed by atoms with E-state index in [0.717, 1.165) is 0 Å². The van der Waals surface area contributed by atoms with E-state index in [0.29, 0.717) is 47.2 Å². The highest BCUT2D eigenvalue weighted by atomic mass is 16.5. The fourth-order valence-corrected chi connectivity index (χ4v) is 2.32. The molecule has 1 amide bonds. The van der Waals surface area contributed by atoms with Crippen LogP contribution >= 0.6 is 0 Å². The number of aryl methyl sites for hydroxylation is 2. The fraction of sp³-hybridized carbons (Fsp3) is 0.429. The second-order valence-corrected chi connectivity index (χ2v) is 4.92. The van der Waals surface area contributed by atoms with Crippen LogP contribution in [0.1, 0.15) is 50.7 Å². The number of ketones is 1. The second kappa shape index (κ2) is 5.90. The van der Waals surface area contributed by atoms with E-state index in [1.807, 2.05) is 0 Å². The van der Waals surface area contributed by atoms with Crippen LogP contribution in [0.5, 0.6) is 0 Å². The van der Waals surface area contributed by atoms with E-state index in [1.54, 1.807) is 20.8 Å². The van der Waals surface area contributed by atoms with Crippen molar-refractivity contribution in [2.45, 2.75) is 34.1 Å². The zero-order valence-electron chi connectivity index (χ0n) is 12.5. The first kappa shape index (κ1) is 15.0. The first-order valence-corrected chi connectivity index (χ1v) is 6.67. The molecule has 2 heterocycles. The highest BCUT2D eigenvalue weighted by Crippen LogP contribution is 2.18. The van der Waals surface area contributed by atoms with Gasteiger partial charge in [0.25, 0.3) is 5.91 Å². The van der Waals surface area contributed by atoms with Crippen LogP contribution in [0, 0.1) is 20.8 Å². The molecule has 0 bridgehead atoms. The summed E-state index contributed by atoms with van der Waals surface area (Å²) < 4.78 is 4.97. The number of nitrogens with zero attached hydrogens (tertiary/aromatic N) is 2. The molecule has 2 N–H and O–H groups in total. The third-order valence-electron chi connectivity index (χ3n) is 3.21. The molecule has 0 aliphatic carbocycles. The van der Waals surface area contributed by atoms with Crippen molar-refractivity contribution in [1.29, 1.82) is 0 Å². The number of amides is 1. The van der Waals surface area contributed by atoms with Crippen molar-refractivity contribution >= 4 is 11.7 Å². The molecule has 2 aromatic heterocycles. The Morgan fingerprint density at radius 2 is 2.00 bits per heavy atom. The van der Waals surface area contributed by atoms with Gasteiger partial charge in [-0.15, -0.1) is 0 Å². The highest BCUT2D eigenvalue weighted by molar-refractivity contribution is 6.02. The highest BCUT2D eigenvalue weighted by Gasteiger charge is 2.19. The lowest BCUT2D eigenvalue weighted by molar-refractivity contribution is 0.0948. The van der Waals surface area contributed by atoms with Gasteiger partial charge >= 0.3 is 0 Å². The third kappa shape index (κ3) is 3.18. The maximum absolute atomic E-state index is 12.1. The van der Waals surface area contributed by atoms with Gasteiger partial charge in [0.1, 0.15) is 5.69 Å². The summed E-state index contributed by atoms with van der Waals surface area (Å²) in [5.74, 6) is 0.746. The summed E-state index contributed by atoms with van der Waals surface area (Å²) in [5, 5.41) is 6.45. The Kier molecular flexibility index (Phi) is 4.21. The van der Waals surface area contributed by atoms with Crippen LogP contribution in [0.3, 0.4) is 0 Å². The normalized spacial score (nSPS) is 10.7. The summed E-state index contributed by atoms with van der Waals surface area (Å²) in [6, 6.07) is 0. The minimum absolute atomic E-state index is 0.0540. The maximum Gasteiger partial charge on any atom is 0.268 e. The topological polar surface area (TPSA) is 101 Å². The van der Waals surface area contributed by atoms with Gasteiger partial charge in [-0.25, -0.2) is 0 Å². The predicted octanol–water partition coefficient (Wildman–Crippen LogP) is 1.50. The fourth-order valence-electron chi connectivity index (χ4n) is 2.32. The number of nitrogens with one attached hydrogen (secondary N) is 2. The van der Waals surface area contributed by atoms with E-state index < -0.39 is 0 Å². The number of rotatable bonds is 5. The Bertz CT molecular complexity index is 684. The minimum atomic E-state index is -0.251. The molecule has 2 aromatic rings. The smallest absolute Gasteiger partial charge is 0.268 e. The monoisotopic (exact) mass is 290 g/mol. The largest absolute Gasteiger partial charge is 0.354 e. The number of hydrogen-bond donors (Lipinski definition) is 2. The molecule has 7 nitrogen and oxygen atoms in total. The molecule has 0 saturated carbocycles. The third-order valence-corrected chi connectivity index (χ3v) is 3.21. The Morgan fingerprint density at radius 3 is 2.52 bits per heavy atom. The average Bonchev–Trinajstić information content (AvgIpc) is 2.93. The zero-order chi connectivity index (χ0) is 15.6. The van der Waals surface area contributed by atoms with E-state index in [-0.39, 0.29) is 11.7 Å². The van der Waals surface area contributed by atoms with Gasteiger partial charge < -0.3 is 14.8 Å². The van der Waals surface area contributed by atoms with E-state index in [2.05, 4.69) is 20.4 Å². The van der Waals surface area contributed by atoms with E-state index in [9.17, 15) is 9.59 Å². The first-order chi connectivity index (χ1) is 9.90. The maximum atomic E-state index is 12.1. The van der Waals surface area contributed by atoms with Crippen LogP contribution in [0.2, 0.25) is 0 Å². The van der Waals surface area contributed by atoms with Crippen molar-refractivity contribution in [1.82, 2.24) is 20.4 Å². The Hall–Kier alpha value is -2.44. The molecule has 112 valence electrons. The predicted molar refractivity (Wildman–Crippen MR) is 75.3 cm³/mol. The van der Waals surface area contributed by atoms with Crippen LogP contribution in [0.4, 0.5) is 0 Å². The molecular formula is C14H18N4O3. The Morgan fingerprint density at radius 1 is 1.29 bits per heavy atom. The SMILES string of the molecule is CC(=O)c1c(C)[nH]c(C(=O)NCCc2nc(C)no2)c1C. The van der Waals surface area contributed by atoms with Crippen molar-refractivity contribution in [2.24, 2.45) is 0 Å². The molecule has 0 spiro atoms. The van der Waals surface area contributed by atoms with Crippen LogP contribution in [0.25, 0.3) is 0 Å². The van der Waals surface area contributed by atoms with E-state index in [1.165, 1.54) is 6.92 Å². The molecule has 7 heteroatoms. The van der Waals surface area contributed by atoms with E-state index >= 15 is 0 Å². The second-order valence-electron chi connectivity index (χ2n) is 4.92. The van der Waals surface area contributed by atoms with Crippen molar-refractivity contribution in [3.8, 4) is 0 Å². The molecule has 0 fully saturated rings. The van der Waals surface area contributed by atoms with Crippen LogP contribution in [-0.2, 0) is 6.42 Å². The molecule has 0 unspecified atom stereocenters. The van der Waals surface area contributed by atoms with Gasteiger partial charge in [0.2, 0.25) is 5.89 Å². The first-order valence-electron chi connectivity index (χ1n) is 6.67. The summed E-state index contributed by atoms with van der Waals surface area (Å²) in [7, 11) is 0. The van der Waals surface area contributed by atoms with Crippen molar-refractivity contribution in [2.75, 3.05) is 6.54 Å². The summed E-state index contributed by atoms with van der Waals surface area (Å²) >= 11 is 0. The number of hydrogen-bond acceptors (Lipinski definition) is 5. The van der Waals surface area contributed by atoms with Gasteiger partial charge in [-0.05, 0) is 33.3 Å². The van der Waals surface area contributed by atoms with Gasteiger partial charge in [-0.3, -0.25) is 9.59 Å². The number of aromatic nitrogens is 3. The lowest BCUT2D eigenvalue weighted by atomic mass is 10.1. The molecular weight excluding hydrogens is 272 g/mol. The summed E-state index contributed by atoms with van der Waals surface area (Å²) in [6.07, 6.45) is 0.463. The molecule has 0 radical (unpaired) electrons. The average molecular weight is 290 g/mol. The van der Waals surface area contributed by atoms with Crippen LogP contribution in [0.15, 0.2) is 4.52 Å². The summed E-state index contributed by atoms with van der Waals surface area (Å²) in [6.45, 7) is 7.15. The quantitative estimate of drug-likeness (QED) is 0.813. The lowest BCUT2D eigenvalue weighted by Gasteiger charge is -2.03. The zero-order valence-corrected chi connectivity index (χ0v) is 12.5. The van der Waals surface area contributed by atoms with Gasteiger partial charge in [-0.1, -0.05) is 5.16 Å². The molecule has 2 rings (SSSR count). The van der Waals surface area contributed by atoms with Crippen LogP contribution in [-0.4, -0.2) is 33.4 Å².